The number of carbonyl (C=O) groups excluding carboxylic acids is 1. The molecule has 2 rings (SSSR count). The molecule has 120 valence electrons. The summed E-state index contributed by atoms with van der Waals surface area (Å²) in [5, 5.41) is 10.1. The highest BCUT2D eigenvalue weighted by Crippen LogP contribution is 2.33. The number of hydrogen-bond donors (Lipinski definition) is 1. The molecule has 5 nitrogen and oxygen atoms in total. The normalized spacial score (nSPS) is 22.7. The monoisotopic (exact) mass is 306 g/mol. The summed E-state index contributed by atoms with van der Waals surface area (Å²) in [4.78, 5) is 11.5. The number of ether oxygens (including phenoxy) is 3. The second kappa shape index (κ2) is 7.54. The number of aliphatic hydroxyl groups excluding tert-OH is 1. The predicted molar refractivity (Wildman–Crippen MR) is 81.1 cm³/mol. The average Bonchev–Trinajstić information content (AvgIpc) is 3.33. The summed E-state index contributed by atoms with van der Waals surface area (Å²) >= 11 is 0. The van der Waals surface area contributed by atoms with E-state index in [1.54, 1.807) is 6.92 Å². The van der Waals surface area contributed by atoms with E-state index in [0.717, 1.165) is 5.56 Å². The van der Waals surface area contributed by atoms with Crippen molar-refractivity contribution in [3.05, 3.63) is 48.0 Å². The summed E-state index contributed by atoms with van der Waals surface area (Å²) in [6.07, 6.45) is -1.96. The summed E-state index contributed by atoms with van der Waals surface area (Å²) in [5.74, 6) is -0.595. The van der Waals surface area contributed by atoms with E-state index in [4.69, 9.17) is 14.2 Å². The van der Waals surface area contributed by atoms with E-state index in [1.165, 1.54) is 0 Å². The van der Waals surface area contributed by atoms with Gasteiger partial charge in [-0.2, -0.15) is 0 Å². The minimum absolute atomic E-state index is 0.0182. The third-order valence-corrected chi connectivity index (χ3v) is 3.59. The Morgan fingerprint density at radius 1 is 1.36 bits per heavy atom. The van der Waals surface area contributed by atoms with E-state index in [2.05, 4.69) is 6.58 Å². The van der Waals surface area contributed by atoms with Crippen LogP contribution in [0.25, 0.3) is 0 Å². The van der Waals surface area contributed by atoms with Crippen LogP contribution in [0.4, 0.5) is 0 Å². The summed E-state index contributed by atoms with van der Waals surface area (Å²) in [5.41, 5.74) is 1.09. The SMILES string of the molecule is C=C(C(=O)OCC)[C@@H](O)[C@@H]1O[C@H]1[C@H](C)OCc1ccccc1. The Hall–Kier alpha value is -1.69. The molecule has 1 saturated heterocycles. The first-order valence-electron chi connectivity index (χ1n) is 7.39. The Balaban J connectivity index is 1.78. The molecular formula is C17H22O5. The first-order chi connectivity index (χ1) is 10.5. The molecule has 0 amide bonds. The van der Waals surface area contributed by atoms with Crippen molar-refractivity contribution in [1.82, 2.24) is 0 Å². The molecule has 1 heterocycles. The summed E-state index contributed by atoms with van der Waals surface area (Å²) < 4.78 is 16.0. The van der Waals surface area contributed by atoms with Crippen LogP contribution in [0, 0.1) is 0 Å². The Bertz CT molecular complexity index is 513. The highest BCUT2D eigenvalue weighted by atomic mass is 16.6. The van der Waals surface area contributed by atoms with E-state index in [9.17, 15) is 9.90 Å². The lowest BCUT2D eigenvalue weighted by Crippen LogP contribution is -2.28. The molecule has 4 atom stereocenters. The maximum Gasteiger partial charge on any atom is 0.336 e. The zero-order valence-electron chi connectivity index (χ0n) is 12.9. The minimum Gasteiger partial charge on any atom is -0.463 e. The first kappa shape index (κ1) is 16.7. The molecule has 1 aromatic carbocycles. The van der Waals surface area contributed by atoms with Gasteiger partial charge in [0.2, 0.25) is 0 Å². The molecule has 0 aliphatic carbocycles. The number of epoxide rings is 1. The molecule has 0 unspecified atom stereocenters. The van der Waals surface area contributed by atoms with Gasteiger partial charge in [0.05, 0.1) is 24.9 Å². The van der Waals surface area contributed by atoms with Gasteiger partial charge in [0, 0.05) is 0 Å². The van der Waals surface area contributed by atoms with Crippen molar-refractivity contribution in [2.24, 2.45) is 0 Å². The van der Waals surface area contributed by atoms with Gasteiger partial charge in [-0.15, -0.1) is 0 Å². The molecule has 1 aliphatic rings. The van der Waals surface area contributed by atoms with E-state index < -0.39 is 18.2 Å². The number of rotatable bonds is 8. The molecule has 0 spiro atoms. The van der Waals surface area contributed by atoms with E-state index in [-0.39, 0.29) is 24.4 Å². The Labute approximate surface area is 130 Å². The number of esters is 1. The van der Waals surface area contributed by atoms with Crippen LogP contribution in [0.5, 0.6) is 0 Å². The minimum atomic E-state index is -1.06. The van der Waals surface area contributed by atoms with Crippen LogP contribution in [0.1, 0.15) is 19.4 Å². The standard InChI is InChI=1S/C17H22O5/c1-4-20-17(19)11(2)14(18)16-15(22-16)12(3)21-10-13-8-6-5-7-9-13/h5-9,12,14-16,18H,2,4,10H2,1,3H3/t12-,14+,15-,16-/m0/s1. The van der Waals surface area contributed by atoms with Gasteiger partial charge in [0.1, 0.15) is 18.3 Å². The maximum absolute atomic E-state index is 11.5. The average molecular weight is 306 g/mol. The highest BCUT2D eigenvalue weighted by molar-refractivity contribution is 5.89. The highest BCUT2D eigenvalue weighted by Gasteiger charge is 2.50. The van der Waals surface area contributed by atoms with Crippen LogP contribution in [-0.4, -0.2) is 42.1 Å². The number of benzene rings is 1. The summed E-state index contributed by atoms with van der Waals surface area (Å²) in [6.45, 7) is 7.88. The van der Waals surface area contributed by atoms with Crippen LogP contribution >= 0.6 is 0 Å². The maximum atomic E-state index is 11.5. The van der Waals surface area contributed by atoms with Crippen molar-refractivity contribution in [2.75, 3.05) is 6.61 Å². The predicted octanol–water partition coefficient (Wildman–Crippen LogP) is 1.84. The lowest BCUT2D eigenvalue weighted by Gasteiger charge is -2.13. The van der Waals surface area contributed by atoms with Gasteiger partial charge in [-0.3, -0.25) is 0 Å². The Morgan fingerprint density at radius 3 is 2.68 bits per heavy atom. The van der Waals surface area contributed by atoms with Crippen LogP contribution in [0.15, 0.2) is 42.5 Å². The first-order valence-corrected chi connectivity index (χ1v) is 7.39. The van der Waals surface area contributed by atoms with Crippen LogP contribution in [0.3, 0.4) is 0 Å². The summed E-state index contributed by atoms with van der Waals surface area (Å²) in [7, 11) is 0. The lowest BCUT2D eigenvalue weighted by molar-refractivity contribution is -0.139. The largest absolute Gasteiger partial charge is 0.463 e. The molecule has 1 aliphatic heterocycles. The topological polar surface area (TPSA) is 68.3 Å². The van der Waals surface area contributed by atoms with Gasteiger partial charge in [-0.25, -0.2) is 4.79 Å². The van der Waals surface area contributed by atoms with Crippen molar-refractivity contribution in [2.45, 2.75) is 44.9 Å². The molecule has 0 saturated carbocycles. The summed E-state index contributed by atoms with van der Waals surface area (Å²) in [6, 6.07) is 9.81. The van der Waals surface area contributed by atoms with Crippen molar-refractivity contribution < 1.29 is 24.1 Å². The third-order valence-electron chi connectivity index (χ3n) is 3.59. The van der Waals surface area contributed by atoms with E-state index in [0.29, 0.717) is 6.61 Å². The van der Waals surface area contributed by atoms with Gasteiger partial charge >= 0.3 is 5.97 Å². The van der Waals surface area contributed by atoms with Gasteiger partial charge in [0.25, 0.3) is 0 Å². The van der Waals surface area contributed by atoms with Crippen LogP contribution in [-0.2, 0) is 25.6 Å². The van der Waals surface area contributed by atoms with Gasteiger partial charge in [-0.1, -0.05) is 36.9 Å². The van der Waals surface area contributed by atoms with Crippen molar-refractivity contribution in [1.29, 1.82) is 0 Å². The number of carbonyl (C=O) groups is 1. The molecule has 22 heavy (non-hydrogen) atoms. The molecule has 1 N–H and O–H groups in total. The molecule has 0 aromatic heterocycles. The second-order valence-electron chi connectivity index (χ2n) is 5.26. The van der Waals surface area contributed by atoms with Gasteiger partial charge in [0.15, 0.2) is 0 Å². The zero-order valence-corrected chi connectivity index (χ0v) is 12.9. The van der Waals surface area contributed by atoms with Crippen molar-refractivity contribution in [3.63, 3.8) is 0 Å². The second-order valence-corrected chi connectivity index (χ2v) is 5.26. The van der Waals surface area contributed by atoms with E-state index >= 15 is 0 Å². The number of hydrogen-bond acceptors (Lipinski definition) is 5. The fourth-order valence-corrected chi connectivity index (χ4v) is 2.21. The van der Waals surface area contributed by atoms with Crippen LogP contribution in [0.2, 0.25) is 0 Å². The molecule has 0 bridgehead atoms. The van der Waals surface area contributed by atoms with Crippen molar-refractivity contribution in [3.8, 4) is 0 Å². The zero-order chi connectivity index (χ0) is 16.1. The Kier molecular flexibility index (Phi) is 5.71. The third kappa shape index (κ3) is 4.16. The molecular weight excluding hydrogens is 284 g/mol. The molecule has 0 radical (unpaired) electrons. The fourth-order valence-electron chi connectivity index (χ4n) is 2.21. The van der Waals surface area contributed by atoms with Gasteiger partial charge in [-0.05, 0) is 19.4 Å². The fraction of sp³-hybridized carbons (Fsp3) is 0.471. The molecule has 1 fully saturated rings. The van der Waals surface area contributed by atoms with Crippen LogP contribution < -0.4 is 0 Å². The Morgan fingerprint density at radius 2 is 2.05 bits per heavy atom. The molecule has 1 aromatic rings. The van der Waals surface area contributed by atoms with E-state index in [1.807, 2.05) is 37.3 Å². The lowest BCUT2D eigenvalue weighted by atomic mass is 10.0. The van der Waals surface area contributed by atoms with Gasteiger partial charge < -0.3 is 19.3 Å². The number of aliphatic hydroxyl groups is 1. The smallest absolute Gasteiger partial charge is 0.336 e. The quantitative estimate of drug-likeness (QED) is 0.451. The van der Waals surface area contributed by atoms with Crippen molar-refractivity contribution >= 4 is 5.97 Å². The molecule has 5 heteroatoms.